The van der Waals surface area contributed by atoms with Crippen molar-refractivity contribution in [1.29, 1.82) is 0 Å². The second-order valence-corrected chi connectivity index (χ2v) is 11.9. The molecular formula is C33H40N6O6. The zero-order valence-corrected chi connectivity index (χ0v) is 26.5. The Labute approximate surface area is 261 Å². The van der Waals surface area contributed by atoms with Crippen molar-refractivity contribution in [1.82, 2.24) is 19.5 Å². The van der Waals surface area contributed by atoms with Crippen molar-refractivity contribution >= 4 is 40.1 Å². The van der Waals surface area contributed by atoms with E-state index in [2.05, 4.69) is 15.8 Å². The van der Waals surface area contributed by atoms with Gasteiger partial charge in [0.25, 0.3) is 5.91 Å². The molecule has 0 saturated heterocycles. The van der Waals surface area contributed by atoms with Crippen molar-refractivity contribution in [2.24, 2.45) is 13.0 Å². The first kappa shape index (κ1) is 31.6. The summed E-state index contributed by atoms with van der Waals surface area (Å²) in [5, 5.41) is 20.7. The van der Waals surface area contributed by atoms with Crippen LogP contribution in [0.5, 0.6) is 5.75 Å². The number of urea groups is 1. The number of amides is 4. The number of carbonyl (C=O) groups excluding carboxylic acids is 3. The minimum Gasteiger partial charge on any atom is -0.487 e. The average molecular weight is 617 g/mol. The van der Waals surface area contributed by atoms with Crippen molar-refractivity contribution in [3.8, 4) is 5.75 Å². The van der Waals surface area contributed by atoms with Crippen LogP contribution in [0.3, 0.4) is 0 Å². The molecule has 0 radical (unpaired) electrons. The van der Waals surface area contributed by atoms with E-state index in [0.29, 0.717) is 35.1 Å². The Morgan fingerprint density at radius 2 is 1.93 bits per heavy atom. The fourth-order valence-corrected chi connectivity index (χ4v) is 5.68. The Hall–Kier alpha value is -4.84. The van der Waals surface area contributed by atoms with Crippen LogP contribution in [0.15, 0.2) is 53.2 Å². The van der Waals surface area contributed by atoms with E-state index in [9.17, 15) is 19.5 Å². The largest absolute Gasteiger partial charge is 0.487 e. The smallest absolute Gasteiger partial charge is 0.321 e. The summed E-state index contributed by atoms with van der Waals surface area (Å²) in [4.78, 5) is 43.1. The number of aryl methyl sites for hydroxylation is 3. The van der Waals surface area contributed by atoms with Gasteiger partial charge in [0.1, 0.15) is 23.2 Å². The molecule has 45 heavy (non-hydrogen) atoms. The summed E-state index contributed by atoms with van der Waals surface area (Å²) in [6.07, 6.45) is 1.62. The fourth-order valence-electron chi connectivity index (χ4n) is 5.68. The molecule has 0 aliphatic carbocycles. The van der Waals surface area contributed by atoms with Crippen LogP contribution in [-0.4, -0.2) is 81.4 Å². The van der Waals surface area contributed by atoms with Crippen LogP contribution in [0.2, 0.25) is 0 Å². The lowest BCUT2D eigenvalue weighted by atomic mass is 9.99. The molecule has 3 atom stereocenters. The zero-order valence-electron chi connectivity index (χ0n) is 26.5. The van der Waals surface area contributed by atoms with Crippen LogP contribution in [0.25, 0.3) is 10.9 Å². The summed E-state index contributed by atoms with van der Waals surface area (Å²) in [6.45, 7) is 7.48. The van der Waals surface area contributed by atoms with Crippen LogP contribution < -0.4 is 15.4 Å². The molecule has 0 unspecified atom stereocenters. The summed E-state index contributed by atoms with van der Waals surface area (Å²) < 4.78 is 13.6. The predicted molar refractivity (Wildman–Crippen MR) is 170 cm³/mol. The van der Waals surface area contributed by atoms with Gasteiger partial charge >= 0.3 is 6.03 Å². The van der Waals surface area contributed by atoms with Crippen molar-refractivity contribution in [3.63, 3.8) is 0 Å². The van der Waals surface area contributed by atoms with Crippen molar-refractivity contribution in [2.75, 3.05) is 37.4 Å². The van der Waals surface area contributed by atoms with Gasteiger partial charge in [-0.3, -0.25) is 9.59 Å². The third kappa shape index (κ3) is 6.65. The number of aliphatic hydroxyl groups excluding tert-OH is 1. The maximum absolute atomic E-state index is 13.8. The van der Waals surface area contributed by atoms with Gasteiger partial charge in [-0.2, -0.15) is 0 Å². The lowest BCUT2D eigenvalue weighted by Crippen LogP contribution is -2.50. The summed E-state index contributed by atoms with van der Waals surface area (Å²) in [5.74, 6) is 0.115. The molecular weight excluding hydrogens is 576 g/mol. The molecule has 4 amide bonds. The molecule has 4 aromatic rings. The molecule has 0 spiro atoms. The highest BCUT2D eigenvalue weighted by Crippen LogP contribution is 2.31. The van der Waals surface area contributed by atoms with E-state index in [0.717, 1.165) is 16.5 Å². The number of hydrogen-bond donors (Lipinski definition) is 3. The first-order valence-electron chi connectivity index (χ1n) is 15.0. The second kappa shape index (κ2) is 13.0. The Morgan fingerprint density at radius 3 is 2.64 bits per heavy atom. The number of nitrogens with zero attached hydrogens (tertiary/aromatic N) is 4. The first-order chi connectivity index (χ1) is 21.5. The van der Waals surface area contributed by atoms with Crippen LogP contribution in [0, 0.1) is 19.8 Å². The number of benzene rings is 2. The summed E-state index contributed by atoms with van der Waals surface area (Å²) in [5.41, 5.74) is 3.75. The summed E-state index contributed by atoms with van der Waals surface area (Å²) in [6, 6.07) is 12.1. The summed E-state index contributed by atoms with van der Waals surface area (Å²) in [7, 11) is 3.61. The molecule has 2 aromatic carbocycles. The Morgan fingerprint density at radius 1 is 1.18 bits per heavy atom. The minimum atomic E-state index is -0.488. The maximum Gasteiger partial charge on any atom is 0.321 e. The number of rotatable bonds is 8. The minimum absolute atomic E-state index is 0.165. The molecule has 5 rings (SSSR count). The number of likely N-dealkylation sites (N-methyl/N-ethyl adjacent to an activating group) is 1. The van der Waals surface area contributed by atoms with Gasteiger partial charge in [0.2, 0.25) is 5.91 Å². The van der Waals surface area contributed by atoms with Gasteiger partial charge in [-0.15, -0.1) is 0 Å². The number of hydrogen-bond acceptors (Lipinski definition) is 7. The normalized spacial score (nSPS) is 17.2. The number of fused-ring (bicyclic) bond motifs is 2. The van der Waals surface area contributed by atoms with Gasteiger partial charge in [-0.25, -0.2) is 4.79 Å². The monoisotopic (exact) mass is 616 g/mol. The van der Waals surface area contributed by atoms with Crippen molar-refractivity contribution in [3.05, 3.63) is 71.2 Å². The third-order valence-electron chi connectivity index (χ3n) is 8.34. The molecule has 0 saturated carbocycles. The number of anilines is 2. The SMILES string of the molecule is Cc1noc(C)c1NC(=O)N(C)C[C@H]1Oc2ccc(NC(=O)Cc3cn(C)c4ccccc34)cc2C(=O)N([C@@H](C)CO)C[C@@H]1C. The van der Waals surface area contributed by atoms with Gasteiger partial charge in [-0.1, -0.05) is 30.3 Å². The number of nitrogens with one attached hydrogen (secondary N) is 2. The molecule has 0 bridgehead atoms. The molecule has 3 heterocycles. The van der Waals surface area contributed by atoms with E-state index in [1.165, 1.54) is 4.90 Å². The Kier molecular flexibility index (Phi) is 9.14. The van der Waals surface area contributed by atoms with E-state index in [4.69, 9.17) is 9.26 Å². The lowest BCUT2D eigenvalue weighted by Gasteiger charge is -2.38. The highest BCUT2D eigenvalue weighted by Gasteiger charge is 2.34. The zero-order chi connectivity index (χ0) is 32.4. The maximum atomic E-state index is 13.8. The predicted octanol–water partition coefficient (Wildman–Crippen LogP) is 4.35. The van der Waals surface area contributed by atoms with Gasteiger partial charge in [-0.05, 0) is 50.6 Å². The van der Waals surface area contributed by atoms with Crippen molar-refractivity contribution in [2.45, 2.75) is 46.3 Å². The summed E-state index contributed by atoms with van der Waals surface area (Å²) >= 11 is 0. The number of ether oxygens (including phenoxy) is 1. The molecule has 2 aromatic heterocycles. The topological polar surface area (TPSA) is 142 Å². The number of aliphatic hydroxyl groups is 1. The second-order valence-electron chi connectivity index (χ2n) is 11.9. The van der Waals surface area contributed by atoms with Crippen LogP contribution in [0.4, 0.5) is 16.2 Å². The van der Waals surface area contributed by atoms with Crippen LogP contribution in [0.1, 0.15) is 41.2 Å². The third-order valence-corrected chi connectivity index (χ3v) is 8.34. The highest BCUT2D eigenvalue weighted by atomic mass is 16.5. The van der Waals surface area contributed by atoms with Gasteiger partial charge in [0.15, 0.2) is 5.76 Å². The molecule has 1 aliphatic heterocycles. The molecule has 0 fully saturated rings. The van der Waals surface area contributed by atoms with E-state index < -0.39 is 12.1 Å². The lowest BCUT2D eigenvalue weighted by molar-refractivity contribution is -0.115. The molecule has 12 nitrogen and oxygen atoms in total. The molecule has 1 aliphatic rings. The van der Waals surface area contributed by atoms with E-state index >= 15 is 0 Å². The quantitative estimate of drug-likeness (QED) is 0.267. The average Bonchev–Trinajstić information content (AvgIpc) is 3.51. The molecule has 238 valence electrons. The number of aromatic nitrogens is 2. The van der Waals surface area contributed by atoms with Crippen molar-refractivity contribution < 1.29 is 28.8 Å². The number of para-hydroxylation sites is 1. The van der Waals surface area contributed by atoms with E-state index in [1.807, 2.05) is 49.0 Å². The first-order valence-corrected chi connectivity index (χ1v) is 15.0. The van der Waals surface area contributed by atoms with Gasteiger partial charge in [0, 0.05) is 49.3 Å². The van der Waals surface area contributed by atoms with Gasteiger partial charge < -0.3 is 39.4 Å². The highest BCUT2D eigenvalue weighted by molar-refractivity contribution is 6.01. The molecule has 12 heteroatoms. The molecule has 3 N–H and O–H groups in total. The Balaban J connectivity index is 1.37. The van der Waals surface area contributed by atoms with Crippen LogP contribution >= 0.6 is 0 Å². The van der Waals surface area contributed by atoms with Gasteiger partial charge in [0.05, 0.1) is 31.2 Å². The fraction of sp³-hybridized carbons (Fsp3) is 0.394. The van der Waals surface area contributed by atoms with Crippen LogP contribution in [-0.2, 0) is 18.3 Å². The van der Waals surface area contributed by atoms with E-state index in [1.54, 1.807) is 50.9 Å². The van der Waals surface area contributed by atoms with E-state index in [-0.39, 0.29) is 48.9 Å². The standard InChI is InChI=1S/C33H40N6O6/c1-19-15-39(20(2)18-40)32(42)26-14-24(34-30(41)13-23-16-37(5)27-10-8-7-9-25(23)27)11-12-28(26)44-29(19)17-38(6)33(43)35-31-21(3)36-45-22(31)4/h7-12,14,16,19-20,29,40H,13,15,17-18H2,1-6H3,(H,34,41)(H,35,43)/t19-,20-,29+/m0/s1. The number of carbonyl (C=O) groups is 3. The Bertz CT molecular complexity index is 1710.